The van der Waals surface area contributed by atoms with Gasteiger partial charge in [-0.1, -0.05) is 13.8 Å². The Morgan fingerprint density at radius 3 is 2.67 bits per heavy atom. The molecule has 0 radical (unpaired) electrons. The van der Waals surface area contributed by atoms with Crippen LogP contribution in [0, 0.1) is 5.92 Å². The SMILES string of the molecule is CNCCC(=O)NCCCOCC(C)C. The lowest BCUT2D eigenvalue weighted by Crippen LogP contribution is -2.28. The second kappa shape index (κ2) is 9.93. The van der Waals surface area contributed by atoms with Crippen LogP contribution in [0.2, 0.25) is 0 Å². The average molecular weight is 216 g/mol. The normalized spacial score (nSPS) is 10.7. The van der Waals surface area contributed by atoms with E-state index in [1.54, 1.807) is 0 Å². The standard InChI is InChI=1S/C11H24N2O2/c1-10(2)9-15-8-4-6-13-11(14)5-7-12-3/h10,12H,4-9H2,1-3H3,(H,13,14). The van der Waals surface area contributed by atoms with E-state index < -0.39 is 0 Å². The van der Waals surface area contributed by atoms with Crippen LogP contribution in [0.1, 0.15) is 26.7 Å². The van der Waals surface area contributed by atoms with Gasteiger partial charge >= 0.3 is 0 Å². The van der Waals surface area contributed by atoms with Crippen LogP contribution in [0.3, 0.4) is 0 Å². The van der Waals surface area contributed by atoms with Crippen molar-refractivity contribution in [2.75, 3.05) is 33.4 Å². The monoisotopic (exact) mass is 216 g/mol. The molecule has 0 aliphatic heterocycles. The van der Waals surface area contributed by atoms with Gasteiger partial charge in [-0.2, -0.15) is 0 Å². The minimum Gasteiger partial charge on any atom is -0.381 e. The van der Waals surface area contributed by atoms with E-state index in [-0.39, 0.29) is 5.91 Å². The van der Waals surface area contributed by atoms with Crippen LogP contribution in [-0.4, -0.2) is 39.3 Å². The van der Waals surface area contributed by atoms with Gasteiger partial charge in [0.25, 0.3) is 0 Å². The molecule has 0 aliphatic carbocycles. The molecule has 0 aromatic carbocycles. The van der Waals surface area contributed by atoms with Crippen molar-refractivity contribution in [3.05, 3.63) is 0 Å². The molecule has 0 aliphatic rings. The summed E-state index contributed by atoms with van der Waals surface area (Å²) in [6.45, 7) is 7.22. The molecule has 0 atom stereocenters. The largest absolute Gasteiger partial charge is 0.381 e. The van der Waals surface area contributed by atoms with Gasteiger partial charge in [0.15, 0.2) is 0 Å². The lowest BCUT2D eigenvalue weighted by atomic mass is 10.2. The van der Waals surface area contributed by atoms with Gasteiger partial charge < -0.3 is 15.4 Å². The molecule has 4 heteroatoms. The fraction of sp³-hybridized carbons (Fsp3) is 0.909. The highest BCUT2D eigenvalue weighted by Crippen LogP contribution is 1.92. The predicted molar refractivity (Wildman–Crippen MR) is 61.8 cm³/mol. The summed E-state index contributed by atoms with van der Waals surface area (Å²) in [7, 11) is 1.84. The van der Waals surface area contributed by atoms with Crippen molar-refractivity contribution >= 4 is 5.91 Å². The van der Waals surface area contributed by atoms with Crippen molar-refractivity contribution in [1.82, 2.24) is 10.6 Å². The minimum atomic E-state index is 0.105. The van der Waals surface area contributed by atoms with Crippen LogP contribution in [-0.2, 0) is 9.53 Å². The Morgan fingerprint density at radius 1 is 1.33 bits per heavy atom. The van der Waals surface area contributed by atoms with E-state index in [4.69, 9.17) is 4.74 Å². The molecule has 15 heavy (non-hydrogen) atoms. The topological polar surface area (TPSA) is 50.4 Å². The molecule has 0 aromatic rings. The van der Waals surface area contributed by atoms with Crippen LogP contribution in [0.25, 0.3) is 0 Å². The predicted octanol–water partition coefficient (Wildman–Crippen LogP) is 0.775. The molecule has 0 aromatic heterocycles. The Morgan fingerprint density at radius 2 is 2.07 bits per heavy atom. The molecule has 0 saturated heterocycles. The Labute approximate surface area is 92.8 Å². The highest BCUT2D eigenvalue weighted by atomic mass is 16.5. The summed E-state index contributed by atoms with van der Waals surface area (Å²) in [5.41, 5.74) is 0. The van der Waals surface area contributed by atoms with Crippen molar-refractivity contribution < 1.29 is 9.53 Å². The molecule has 2 N–H and O–H groups in total. The number of rotatable bonds is 9. The number of nitrogens with one attached hydrogen (secondary N) is 2. The van der Waals surface area contributed by atoms with E-state index >= 15 is 0 Å². The number of amides is 1. The minimum absolute atomic E-state index is 0.105. The number of hydrogen-bond acceptors (Lipinski definition) is 3. The number of carbonyl (C=O) groups is 1. The Bertz CT molecular complexity index is 161. The third-order valence-corrected chi connectivity index (χ3v) is 1.84. The van der Waals surface area contributed by atoms with E-state index in [1.165, 1.54) is 0 Å². The smallest absolute Gasteiger partial charge is 0.221 e. The Kier molecular flexibility index (Phi) is 9.52. The lowest BCUT2D eigenvalue weighted by Gasteiger charge is -2.07. The van der Waals surface area contributed by atoms with Crippen molar-refractivity contribution in [1.29, 1.82) is 0 Å². The van der Waals surface area contributed by atoms with E-state index in [0.29, 0.717) is 18.9 Å². The van der Waals surface area contributed by atoms with Gasteiger partial charge in [0, 0.05) is 32.7 Å². The summed E-state index contributed by atoms with van der Waals surface area (Å²) in [5.74, 6) is 0.684. The maximum atomic E-state index is 11.2. The summed E-state index contributed by atoms with van der Waals surface area (Å²) in [6.07, 6.45) is 1.43. The number of hydrogen-bond donors (Lipinski definition) is 2. The van der Waals surface area contributed by atoms with Crippen LogP contribution in [0.5, 0.6) is 0 Å². The molecule has 0 bridgehead atoms. The molecular formula is C11H24N2O2. The van der Waals surface area contributed by atoms with Crippen molar-refractivity contribution in [3.63, 3.8) is 0 Å². The molecule has 1 amide bonds. The maximum absolute atomic E-state index is 11.2. The summed E-state index contributed by atoms with van der Waals surface area (Å²) in [5, 5.41) is 5.78. The first-order valence-electron chi connectivity index (χ1n) is 5.66. The van der Waals surface area contributed by atoms with E-state index in [2.05, 4.69) is 24.5 Å². The fourth-order valence-electron chi connectivity index (χ4n) is 1.05. The first-order chi connectivity index (χ1) is 7.16. The Hall–Kier alpha value is -0.610. The molecular weight excluding hydrogens is 192 g/mol. The quantitative estimate of drug-likeness (QED) is 0.560. The highest BCUT2D eigenvalue weighted by molar-refractivity contribution is 5.75. The second-order valence-corrected chi connectivity index (χ2v) is 4.03. The van der Waals surface area contributed by atoms with Crippen molar-refractivity contribution in [2.24, 2.45) is 5.92 Å². The summed E-state index contributed by atoms with van der Waals surface area (Å²) in [4.78, 5) is 11.2. The van der Waals surface area contributed by atoms with E-state index in [0.717, 1.165) is 26.2 Å². The van der Waals surface area contributed by atoms with Crippen molar-refractivity contribution in [3.8, 4) is 0 Å². The molecule has 0 heterocycles. The summed E-state index contributed by atoms with van der Waals surface area (Å²) in [6, 6.07) is 0. The first kappa shape index (κ1) is 14.4. The summed E-state index contributed by atoms with van der Waals surface area (Å²) < 4.78 is 5.39. The van der Waals surface area contributed by atoms with Gasteiger partial charge in [-0.15, -0.1) is 0 Å². The van der Waals surface area contributed by atoms with Crippen LogP contribution in [0.15, 0.2) is 0 Å². The number of carbonyl (C=O) groups excluding carboxylic acids is 1. The molecule has 0 fully saturated rings. The fourth-order valence-corrected chi connectivity index (χ4v) is 1.05. The zero-order valence-electron chi connectivity index (χ0n) is 10.1. The molecule has 0 saturated carbocycles. The van der Waals surface area contributed by atoms with Crippen LogP contribution in [0.4, 0.5) is 0 Å². The summed E-state index contributed by atoms with van der Waals surface area (Å²) >= 11 is 0. The average Bonchev–Trinajstić information content (AvgIpc) is 2.19. The van der Waals surface area contributed by atoms with Gasteiger partial charge in [-0.25, -0.2) is 0 Å². The van der Waals surface area contributed by atoms with Crippen LogP contribution >= 0.6 is 0 Å². The third kappa shape index (κ3) is 11.3. The molecule has 4 nitrogen and oxygen atoms in total. The van der Waals surface area contributed by atoms with Crippen molar-refractivity contribution in [2.45, 2.75) is 26.7 Å². The van der Waals surface area contributed by atoms with E-state index in [9.17, 15) is 4.79 Å². The molecule has 90 valence electrons. The van der Waals surface area contributed by atoms with Gasteiger partial charge in [0.1, 0.15) is 0 Å². The Balaban J connectivity index is 3.13. The van der Waals surface area contributed by atoms with Gasteiger partial charge in [-0.3, -0.25) is 4.79 Å². The maximum Gasteiger partial charge on any atom is 0.221 e. The van der Waals surface area contributed by atoms with Gasteiger partial charge in [-0.05, 0) is 19.4 Å². The molecule has 0 rings (SSSR count). The van der Waals surface area contributed by atoms with Gasteiger partial charge in [0.05, 0.1) is 0 Å². The molecule has 0 spiro atoms. The van der Waals surface area contributed by atoms with Gasteiger partial charge in [0.2, 0.25) is 5.91 Å². The van der Waals surface area contributed by atoms with E-state index in [1.807, 2.05) is 7.05 Å². The molecule has 0 unspecified atom stereocenters. The third-order valence-electron chi connectivity index (χ3n) is 1.84. The van der Waals surface area contributed by atoms with Crippen LogP contribution < -0.4 is 10.6 Å². The lowest BCUT2D eigenvalue weighted by molar-refractivity contribution is -0.121. The zero-order valence-corrected chi connectivity index (χ0v) is 10.1. The zero-order chi connectivity index (χ0) is 11.5. The highest BCUT2D eigenvalue weighted by Gasteiger charge is 1.98. The first-order valence-corrected chi connectivity index (χ1v) is 5.66. The second-order valence-electron chi connectivity index (χ2n) is 4.03. The number of ether oxygens (including phenoxy) is 1.